The Balaban J connectivity index is 0.00000280. The standard InChI is InChI=1S/C21H31N3O2S.ClH/c1-22-11-8-17-9-14-24(15-10-17)21(26)18-6-2-3-7-19(18)27-16-20(25)23-12-4-5-13-23;/h2-3,6-7,17,22H,4-5,8-16H2,1H3;1H. The topological polar surface area (TPSA) is 52.7 Å². The Kier molecular flexibility index (Phi) is 9.62. The van der Waals surface area contributed by atoms with Crippen molar-refractivity contribution in [3.8, 4) is 0 Å². The summed E-state index contributed by atoms with van der Waals surface area (Å²) in [5, 5.41) is 3.21. The lowest BCUT2D eigenvalue weighted by Crippen LogP contribution is -2.39. The second-order valence-corrected chi connectivity index (χ2v) is 8.52. The quantitative estimate of drug-likeness (QED) is 0.681. The SMILES string of the molecule is CNCCC1CCN(C(=O)c2ccccc2SCC(=O)N2CCCC2)CC1.Cl. The van der Waals surface area contributed by atoms with Crippen LogP contribution in [-0.4, -0.2) is 67.1 Å². The van der Waals surface area contributed by atoms with Crippen LogP contribution >= 0.6 is 24.2 Å². The number of thioether (sulfide) groups is 1. The van der Waals surface area contributed by atoms with Crippen LogP contribution < -0.4 is 5.32 Å². The van der Waals surface area contributed by atoms with Crippen LogP contribution in [0.5, 0.6) is 0 Å². The third-order valence-corrected chi connectivity index (χ3v) is 6.69. The highest BCUT2D eigenvalue weighted by Gasteiger charge is 2.25. The summed E-state index contributed by atoms with van der Waals surface area (Å²) in [7, 11) is 1.99. The number of hydrogen-bond donors (Lipinski definition) is 1. The Morgan fingerprint density at radius 2 is 1.75 bits per heavy atom. The number of carbonyl (C=O) groups is 2. The molecule has 2 heterocycles. The zero-order valence-corrected chi connectivity index (χ0v) is 18.3. The molecule has 2 saturated heterocycles. The summed E-state index contributed by atoms with van der Waals surface area (Å²) in [6, 6.07) is 7.73. The van der Waals surface area contributed by atoms with E-state index in [1.165, 1.54) is 18.2 Å². The van der Waals surface area contributed by atoms with Gasteiger partial charge in [-0.15, -0.1) is 24.2 Å². The first kappa shape index (κ1) is 23.0. The van der Waals surface area contributed by atoms with Crippen LogP contribution in [0.4, 0.5) is 0 Å². The van der Waals surface area contributed by atoms with E-state index in [1.54, 1.807) is 0 Å². The molecular formula is C21H32ClN3O2S. The summed E-state index contributed by atoms with van der Waals surface area (Å²) in [6.45, 7) is 4.46. The number of carbonyl (C=O) groups excluding carboxylic acids is 2. The minimum Gasteiger partial charge on any atom is -0.342 e. The number of halogens is 1. The Labute approximate surface area is 179 Å². The molecule has 1 aromatic rings. The molecule has 0 radical (unpaired) electrons. The van der Waals surface area contributed by atoms with Gasteiger partial charge in [-0.3, -0.25) is 9.59 Å². The molecule has 3 rings (SSSR count). The fraction of sp³-hybridized carbons (Fsp3) is 0.619. The van der Waals surface area contributed by atoms with Gasteiger partial charge >= 0.3 is 0 Å². The van der Waals surface area contributed by atoms with Crippen LogP contribution in [0.15, 0.2) is 29.2 Å². The second kappa shape index (κ2) is 11.7. The maximum Gasteiger partial charge on any atom is 0.254 e. The highest BCUT2D eigenvalue weighted by Crippen LogP contribution is 2.27. The molecule has 156 valence electrons. The van der Waals surface area contributed by atoms with Crippen molar-refractivity contribution in [1.82, 2.24) is 15.1 Å². The second-order valence-electron chi connectivity index (χ2n) is 7.50. The normalized spacial score (nSPS) is 17.5. The van der Waals surface area contributed by atoms with E-state index in [2.05, 4.69) is 5.32 Å². The van der Waals surface area contributed by atoms with Gasteiger partial charge in [0.25, 0.3) is 5.91 Å². The van der Waals surface area contributed by atoms with E-state index in [-0.39, 0.29) is 24.2 Å². The van der Waals surface area contributed by atoms with Gasteiger partial charge in [0.2, 0.25) is 5.91 Å². The zero-order valence-electron chi connectivity index (χ0n) is 16.7. The van der Waals surface area contributed by atoms with Gasteiger partial charge in [0.05, 0.1) is 11.3 Å². The van der Waals surface area contributed by atoms with Crippen molar-refractivity contribution in [2.45, 2.75) is 37.0 Å². The molecule has 0 unspecified atom stereocenters. The number of nitrogens with one attached hydrogen (secondary N) is 1. The monoisotopic (exact) mass is 425 g/mol. The summed E-state index contributed by atoms with van der Waals surface area (Å²) < 4.78 is 0. The van der Waals surface area contributed by atoms with Gasteiger partial charge in [0.15, 0.2) is 0 Å². The molecule has 1 aromatic carbocycles. The average molecular weight is 426 g/mol. The van der Waals surface area contributed by atoms with Gasteiger partial charge in [0, 0.05) is 31.1 Å². The molecule has 5 nitrogen and oxygen atoms in total. The third-order valence-electron chi connectivity index (χ3n) is 5.63. The van der Waals surface area contributed by atoms with E-state index in [4.69, 9.17) is 0 Å². The van der Waals surface area contributed by atoms with E-state index < -0.39 is 0 Å². The van der Waals surface area contributed by atoms with Crippen LogP contribution in [0.25, 0.3) is 0 Å². The highest BCUT2D eigenvalue weighted by atomic mass is 35.5. The van der Waals surface area contributed by atoms with Crippen molar-refractivity contribution in [1.29, 1.82) is 0 Å². The van der Waals surface area contributed by atoms with Crippen LogP contribution in [0.1, 0.15) is 42.5 Å². The first-order valence-corrected chi connectivity index (χ1v) is 11.1. The maximum atomic E-state index is 13.0. The summed E-state index contributed by atoms with van der Waals surface area (Å²) in [4.78, 5) is 30.2. The molecule has 0 bridgehead atoms. The van der Waals surface area contributed by atoms with Crippen LogP contribution in [-0.2, 0) is 4.79 Å². The summed E-state index contributed by atoms with van der Waals surface area (Å²) in [5.74, 6) is 1.42. The van der Waals surface area contributed by atoms with Crippen molar-refractivity contribution >= 4 is 36.0 Å². The largest absolute Gasteiger partial charge is 0.342 e. The van der Waals surface area contributed by atoms with Crippen molar-refractivity contribution in [2.24, 2.45) is 5.92 Å². The molecule has 0 atom stereocenters. The molecule has 2 aliphatic heterocycles. The van der Waals surface area contributed by atoms with E-state index in [0.29, 0.717) is 11.7 Å². The summed E-state index contributed by atoms with van der Waals surface area (Å²) in [6.07, 6.45) is 5.56. The van der Waals surface area contributed by atoms with Crippen LogP contribution in [0.3, 0.4) is 0 Å². The summed E-state index contributed by atoms with van der Waals surface area (Å²) >= 11 is 1.50. The van der Waals surface area contributed by atoms with Gasteiger partial charge < -0.3 is 15.1 Å². The minimum absolute atomic E-state index is 0. The number of likely N-dealkylation sites (tertiary alicyclic amines) is 2. The highest BCUT2D eigenvalue weighted by molar-refractivity contribution is 8.00. The molecule has 0 aliphatic carbocycles. The molecule has 2 fully saturated rings. The third kappa shape index (κ3) is 6.13. The van der Waals surface area contributed by atoms with E-state index in [1.807, 2.05) is 41.1 Å². The maximum absolute atomic E-state index is 13.0. The lowest BCUT2D eigenvalue weighted by atomic mass is 9.93. The predicted octanol–water partition coefficient (Wildman–Crippen LogP) is 3.28. The van der Waals surface area contributed by atoms with Crippen molar-refractivity contribution in [2.75, 3.05) is 45.5 Å². The molecule has 2 aliphatic rings. The molecule has 0 saturated carbocycles. The van der Waals surface area contributed by atoms with Crippen molar-refractivity contribution < 1.29 is 9.59 Å². The molecule has 7 heteroatoms. The fourth-order valence-electron chi connectivity index (χ4n) is 3.91. The molecule has 2 amide bonds. The van der Waals surface area contributed by atoms with Crippen LogP contribution in [0.2, 0.25) is 0 Å². The van der Waals surface area contributed by atoms with Gasteiger partial charge in [-0.25, -0.2) is 0 Å². The number of hydrogen-bond acceptors (Lipinski definition) is 4. The number of piperidine rings is 1. The molecular weight excluding hydrogens is 394 g/mol. The van der Waals surface area contributed by atoms with Crippen molar-refractivity contribution in [3.05, 3.63) is 29.8 Å². The Morgan fingerprint density at radius 3 is 2.43 bits per heavy atom. The molecule has 0 aromatic heterocycles. The van der Waals surface area contributed by atoms with E-state index in [0.717, 1.165) is 68.9 Å². The van der Waals surface area contributed by atoms with E-state index in [9.17, 15) is 9.59 Å². The van der Waals surface area contributed by atoms with Gasteiger partial charge in [-0.05, 0) is 63.7 Å². The zero-order chi connectivity index (χ0) is 19.1. The molecule has 1 N–H and O–H groups in total. The first-order chi connectivity index (χ1) is 13.2. The average Bonchev–Trinajstić information content (AvgIpc) is 3.25. The van der Waals surface area contributed by atoms with E-state index >= 15 is 0 Å². The number of benzene rings is 1. The van der Waals surface area contributed by atoms with Crippen LogP contribution in [0, 0.1) is 5.92 Å². The van der Waals surface area contributed by atoms with Gasteiger partial charge in [-0.2, -0.15) is 0 Å². The minimum atomic E-state index is 0. The van der Waals surface area contributed by atoms with Gasteiger partial charge in [-0.1, -0.05) is 12.1 Å². The Hall–Kier alpha value is -1.24. The lowest BCUT2D eigenvalue weighted by molar-refractivity contribution is -0.127. The first-order valence-electron chi connectivity index (χ1n) is 10.1. The molecule has 0 spiro atoms. The number of rotatable bonds is 7. The summed E-state index contributed by atoms with van der Waals surface area (Å²) in [5.41, 5.74) is 0.741. The Morgan fingerprint density at radius 1 is 1.07 bits per heavy atom. The fourth-order valence-corrected chi connectivity index (χ4v) is 4.86. The van der Waals surface area contributed by atoms with Gasteiger partial charge in [0.1, 0.15) is 0 Å². The number of amides is 2. The number of nitrogens with zero attached hydrogens (tertiary/aromatic N) is 2. The predicted molar refractivity (Wildman–Crippen MR) is 117 cm³/mol. The lowest BCUT2D eigenvalue weighted by Gasteiger charge is -2.32. The van der Waals surface area contributed by atoms with Crippen molar-refractivity contribution in [3.63, 3.8) is 0 Å². The smallest absolute Gasteiger partial charge is 0.254 e. The Bertz CT molecular complexity index is 644. The molecule has 28 heavy (non-hydrogen) atoms.